The average Bonchev–Trinajstić information content (AvgIpc) is 3.10. The number of halogens is 1. The normalized spacial score (nSPS) is 17.4. The van der Waals surface area contributed by atoms with Gasteiger partial charge in [0.25, 0.3) is 0 Å². The Morgan fingerprint density at radius 1 is 1.38 bits per heavy atom. The zero-order valence-corrected chi connectivity index (χ0v) is 11.0. The fourth-order valence-electron chi connectivity index (χ4n) is 1.95. The molecule has 0 radical (unpaired) electrons. The maximum atomic E-state index is 5.82. The highest BCUT2D eigenvalue weighted by atomic mass is 79.9. The summed E-state index contributed by atoms with van der Waals surface area (Å²) in [4.78, 5) is 0. The first-order chi connectivity index (χ1) is 7.81. The Morgan fingerprint density at radius 2 is 2.12 bits per heavy atom. The zero-order chi connectivity index (χ0) is 11.4. The molecule has 1 aliphatic carbocycles. The van der Waals surface area contributed by atoms with Crippen molar-refractivity contribution in [2.24, 2.45) is 11.7 Å². The van der Waals surface area contributed by atoms with E-state index in [-0.39, 0.29) is 6.04 Å². The van der Waals surface area contributed by atoms with Gasteiger partial charge in [0, 0.05) is 17.1 Å². The van der Waals surface area contributed by atoms with Crippen molar-refractivity contribution in [2.45, 2.75) is 25.3 Å². The van der Waals surface area contributed by atoms with Gasteiger partial charge in [-0.3, -0.25) is 0 Å². The van der Waals surface area contributed by atoms with Crippen molar-refractivity contribution in [3.63, 3.8) is 0 Å². The van der Waals surface area contributed by atoms with Crippen LogP contribution in [0.15, 0.2) is 28.7 Å². The highest BCUT2D eigenvalue weighted by molar-refractivity contribution is 9.10. The molecule has 88 valence electrons. The highest BCUT2D eigenvalue weighted by Gasteiger charge is 2.21. The Labute approximate surface area is 106 Å². The van der Waals surface area contributed by atoms with Gasteiger partial charge in [-0.2, -0.15) is 0 Å². The summed E-state index contributed by atoms with van der Waals surface area (Å²) in [6.45, 7) is 1.72. The fourth-order valence-corrected chi connectivity index (χ4v) is 2.51. The van der Waals surface area contributed by atoms with Crippen molar-refractivity contribution in [1.29, 1.82) is 0 Å². The summed E-state index contributed by atoms with van der Waals surface area (Å²) in [6, 6.07) is 8.57. The van der Waals surface area contributed by atoms with Gasteiger partial charge in [-0.25, -0.2) is 0 Å². The van der Waals surface area contributed by atoms with E-state index >= 15 is 0 Å². The van der Waals surface area contributed by atoms with Gasteiger partial charge in [0.1, 0.15) is 0 Å². The van der Waals surface area contributed by atoms with Gasteiger partial charge in [0.05, 0.1) is 0 Å². The van der Waals surface area contributed by atoms with Crippen molar-refractivity contribution in [3.8, 4) is 0 Å². The molecular formula is C13H19BrN2. The van der Waals surface area contributed by atoms with E-state index < -0.39 is 0 Å². The van der Waals surface area contributed by atoms with Crippen molar-refractivity contribution in [3.05, 3.63) is 34.3 Å². The Kier molecular flexibility index (Phi) is 4.38. The molecule has 0 aliphatic heterocycles. The average molecular weight is 283 g/mol. The quantitative estimate of drug-likeness (QED) is 0.842. The standard InChI is InChI=1S/C13H19BrN2/c14-12-4-2-1-3-11(12)13(9-15)16-8-7-10-5-6-10/h1-4,10,13,16H,5-9,15H2. The maximum absolute atomic E-state index is 5.82. The van der Waals surface area contributed by atoms with Gasteiger partial charge < -0.3 is 11.1 Å². The summed E-state index contributed by atoms with van der Waals surface area (Å²) in [6.07, 6.45) is 4.13. The molecule has 1 aromatic rings. The number of rotatable bonds is 6. The Hall–Kier alpha value is -0.380. The van der Waals surface area contributed by atoms with Crippen molar-refractivity contribution in [2.75, 3.05) is 13.1 Å². The van der Waals surface area contributed by atoms with E-state index in [2.05, 4.69) is 39.4 Å². The lowest BCUT2D eigenvalue weighted by molar-refractivity contribution is 0.515. The molecule has 1 fully saturated rings. The van der Waals surface area contributed by atoms with Crippen molar-refractivity contribution >= 4 is 15.9 Å². The Morgan fingerprint density at radius 3 is 2.75 bits per heavy atom. The molecule has 3 heteroatoms. The molecule has 16 heavy (non-hydrogen) atoms. The first-order valence-electron chi connectivity index (χ1n) is 5.99. The molecule has 2 nitrogen and oxygen atoms in total. The smallest absolute Gasteiger partial charge is 0.0455 e. The SMILES string of the molecule is NCC(NCCC1CC1)c1ccccc1Br. The third-order valence-corrected chi connectivity index (χ3v) is 3.88. The molecule has 1 unspecified atom stereocenters. The van der Waals surface area contributed by atoms with E-state index in [1.807, 2.05) is 6.07 Å². The lowest BCUT2D eigenvalue weighted by Gasteiger charge is -2.18. The maximum Gasteiger partial charge on any atom is 0.0455 e. The van der Waals surface area contributed by atoms with E-state index in [0.29, 0.717) is 6.54 Å². The van der Waals surface area contributed by atoms with Crippen LogP contribution in [-0.4, -0.2) is 13.1 Å². The lowest BCUT2D eigenvalue weighted by Crippen LogP contribution is -2.29. The molecule has 2 rings (SSSR count). The molecule has 0 saturated heterocycles. The molecule has 0 spiro atoms. The number of hydrogen-bond acceptors (Lipinski definition) is 2. The van der Waals surface area contributed by atoms with Crippen LogP contribution in [0.2, 0.25) is 0 Å². The second kappa shape index (κ2) is 5.80. The van der Waals surface area contributed by atoms with E-state index in [4.69, 9.17) is 5.73 Å². The molecule has 1 aliphatic rings. The first kappa shape index (κ1) is 12.1. The second-order valence-electron chi connectivity index (χ2n) is 4.50. The molecular weight excluding hydrogens is 264 g/mol. The van der Waals surface area contributed by atoms with Crippen LogP contribution in [0, 0.1) is 5.92 Å². The molecule has 0 heterocycles. The van der Waals surface area contributed by atoms with Crippen molar-refractivity contribution in [1.82, 2.24) is 5.32 Å². The molecule has 1 atom stereocenters. The molecule has 1 aromatic carbocycles. The highest BCUT2D eigenvalue weighted by Crippen LogP contribution is 2.32. The Bertz CT molecular complexity index is 336. The van der Waals surface area contributed by atoms with Gasteiger partial charge in [0.2, 0.25) is 0 Å². The van der Waals surface area contributed by atoms with Crippen LogP contribution < -0.4 is 11.1 Å². The van der Waals surface area contributed by atoms with E-state index in [0.717, 1.165) is 16.9 Å². The predicted molar refractivity (Wildman–Crippen MR) is 71.3 cm³/mol. The third kappa shape index (κ3) is 3.30. The van der Waals surface area contributed by atoms with Crippen molar-refractivity contribution < 1.29 is 0 Å². The predicted octanol–water partition coefficient (Wildman–Crippen LogP) is 2.84. The van der Waals surface area contributed by atoms with Gasteiger partial charge >= 0.3 is 0 Å². The minimum atomic E-state index is 0.273. The molecule has 3 N–H and O–H groups in total. The van der Waals surface area contributed by atoms with E-state index in [9.17, 15) is 0 Å². The second-order valence-corrected chi connectivity index (χ2v) is 5.35. The fraction of sp³-hybridized carbons (Fsp3) is 0.538. The third-order valence-electron chi connectivity index (χ3n) is 3.16. The minimum absolute atomic E-state index is 0.273. The van der Waals surface area contributed by atoms with Crippen LogP contribution in [0.4, 0.5) is 0 Å². The topological polar surface area (TPSA) is 38.0 Å². The van der Waals surface area contributed by atoms with Crippen LogP contribution >= 0.6 is 15.9 Å². The number of benzene rings is 1. The summed E-state index contributed by atoms with van der Waals surface area (Å²) in [5.74, 6) is 0.977. The zero-order valence-electron chi connectivity index (χ0n) is 9.45. The van der Waals surface area contributed by atoms with E-state index in [1.54, 1.807) is 0 Å². The largest absolute Gasteiger partial charge is 0.329 e. The first-order valence-corrected chi connectivity index (χ1v) is 6.78. The lowest BCUT2D eigenvalue weighted by atomic mass is 10.1. The summed E-state index contributed by atoms with van der Waals surface area (Å²) in [5, 5.41) is 3.54. The van der Waals surface area contributed by atoms with Crippen LogP contribution in [0.3, 0.4) is 0 Å². The molecule has 0 aromatic heterocycles. The number of nitrogens with two attached hydrogens (primary N) is 1. The summed E-state index contributed by atoms with van der Waals surface area (Å²) in [7, 11) is 0. The van der Waals surface area contributed by atoms with Gasteiger partial charge in [-0.15, -0.1) is 0 Å². The van der Waals surface area contributed by atoms with Crippen LogP contribution in [-0.2, 0) is 0 Å². The number of nitrogens with one attached hydrogen (secondary N) is 1. The van der Waals surface area contributed by atoms with Crippen LogP contribution in [0.1, 0.15) is 30.9 Å². The summed E-state index contributed by atoms with van der Waals surface area (Å²) < 4.78 is 1.14. The Balaban J connectivity index is 1.90. The van der Waals surface area contributed by atoms with Gasteiger partial charge in [0.15, 0.2) is 0 Å². The molecule has 0 bridgehead atoms. The summed E-state index contributed by atoms with van der Waals surface area (Å²) in [5.41, 5.74) is 7.09. The van der Waals surface area contributed by atoms with E-state index in [1.165, 1.54) is 24.8 Å². The van der Waals surface area contributed by atoms with Crippen LogP contribution in [0.5, 0.6) is 0 Å². The van der Waals surface area contributed by atoms with Gasteiger partial charge in [-0.1, -0.05) is 47.0 Å². The molecule has 1 saturated carbocycles. The minimum Gasteiger partial charge on any atom is -0.329 e. The van der Waals surface area contributed by atoms with Gasteiger partial charge in [-0.05, 0) is 30.5 Å². The monoisotopic (exact) mass is 282 g/mol. The number of hydrogen-bond donors (Lipinski definition) is 2. The van der Waals surface area contributed by atoms with Crippen LogP contribution in [0.25, 0.3) is 0 Å². The molecule has 0 amide bonds. The summed E-state index contributed by atoms with van der Waals surface area (Å²) >= 11 is 3.58.